The minimum atomic E-state index is -0.139. The molecule has 0 aliphatic carbocycles. The monoisotopic (exact) mass is 308 g/mol. The van der Waals surface area contributed by atoms with Crippen molar-refractivity contribution in [1.82, 2.24) is 30.5 Å². The van der Waals surface area contributed by atoms with Crippen LogP contribution in [0.25, 0.3) is 0 Å². The molecule has 0 aromatic carbocycles. The van der Waals surface area contributed by atoms with E-state index in [1.165, 1.54) is 0 Å². The summed E-state index contributed by atoms with van der Waals surface area (Å²) in [5, 5.41) is 14.5. The van der Waals surface area contributed by atoms with Crippen LogP contribution >= 0.6 is 0 Å². The first-order valence-corrected chi connectivity index (χ1v) is 8.29. The van der Waals surface area contributed by atoms with Gasteiger partial charge in [0.1, 0.15) is 0 Å². The van der Waals surface area contributed by atoms with Crippen LogP contribution < -0.4 is 10.6 Å². The molecule has 1 aliphatic heterocycles. The van der Waals surface area contributed by atoms with E-state index < -0.39 is 0 Å². The molecule has 0 saturated carbocycles. The number of nitrogens with zero attached hydrogens (tertiary/aromatic N) is 4. The van der Waals surface area contributed by atoms with E-state index in [-0.39, 0.29) is 11.9 Å². The summed E-state index contributed by atoms with van der Waals surface area (Å²) in [7, 11) is 0. The molecule has 1 fully saturated rings. The Kier molecular flexibility index (Phi) is 6.33. The van der Waals surface area contributed by atoms with E-state index in [1.807, 2.05) is 11.6 Å². The molecule has 124 valence electrons. The van der Waals surface area contributed by atoms with Gasteiger partial charge in [-0.05, 0) is 45.9 Å². The molecule has 1 unspecified atom stereocenters. The van der Waals surface area contributed by atoms with Crippen LogP contribution in [0.5, 0.6) is 0 Å². The molecular weight excluding hydrogens is 280 g/mol. The summed E-state index contributed by atoms with van der Waals surface area (Å²) in [4.78, 5) is 14.5. The highest BCUT2D eigenvalue weighted by molar-refractivity contribution is 5.92. The lowest BCUT2D eigenvalue weighted by Crippen LogP contribution is -2.42. The average Bonchev–Trinajstić information content (AvgIpc) is 3.03. The van der Waals surface area contributed by atoms with Crippen molar-refractivity contribution in [3.05, 3.63) is 11.9 Å². The Morgan fingerprint density at radius 1 is 1.45 bits per heavy atom. The van der Waals surface area contributed by atoms with Crippen LogP contribution in [0.15, 0.2) is 6.20 Å². The zero-order valence-electron chi connectivity index (χ0n) is 13.9. The van der Waals surface area contributed by atoms with Gasteiger partial charge in [0.05, 0.1) is 12.2 Å². The van der Waals surface area contributed by atoms with Crippen LogP contribution in [-0.2, 0) is 0 Å². The van der Waals surface area contributed by atoms with E-state index in [2.05, 4.69) is 39.7 Å². The molecule has 2 N–H and O–H groups in total. The Morgan fingerprint density at radius 2 is 2.14 bits per heavy atom. The molecule has 1 atom stereocenters. The highest BCUT2D eigenvalue weighted by atomic mass is 16.2. The highest BCUT2D eigenvalue weighted by Crippen LogP contribution is 2.16. The highest BCUT2D eigenvalue weighted by Gasteiger charge is 2.19. The standard InChI is InChI=1S/C15H28N6O/c1-4-20(5-2)10-12(3)17-15(22)14-11-21(19-18-14)13-6-8-16-9-7-13/h11-13,16H,4-10H2,1-3H3,(H,17,22). The number of rotatable bonds is 7. The van der Waals surface area contributed by atoms with Gasteiger partial charge in [0.15, 0.2) is 5.69 Å². The Labute approximate surface area is 132 Å². The first kappa shape index (κ1) is 16.9. The summed E-state index contributed by atoms with van der Waals surface area (Å²) in [6.45, 7) is 11.1. The molecule has 0 spiro atoms. The van der Waals surface area contributed by atoms with Crippen LogP contribution in [0.2, 0.25) is 0 Å². The predicted octanol–water partition coefficient (Wildman–Crippen LogP) is 0.663. The van der Waals surface area contributed by atoms with E-state index in [9.17, 15) is 4.79 Å². The van der Waals surface area contributed by atoms with Gasteiger partial charge < -0.3 is 15.5 Å². The third-order valence-corrected chi connectivity index (χ3v) is 4.23. The summed E-state index contributed by atoms with van der Waals surface area (Å²) in [5.41, 5.74) is 0.407. The minimum Gasteiger partial charge on any atom is -0.347 e. The van der Waals surface area contributed by atoms with Gasteiger partial charge in [-0.15, -0.1) is 5.10 Å². The van der Waals surface area contributed by atoms with Gasteiger partial charge in [-0.3, -0.25) is 4.79 Å². The van der Waals surface area contributed by atoms with Crippen LogP contribution in [0.4, 0.5) is 0 Å². The van der Waals surface area contributed by atoms with Crippen molar-refractivity contribution in [2.45, 2.75) is 45.7 Å². The van der Waals surface area contributed by atoms with Crippen molar-refractivity contribution in [3.8, 4) is 0 Å². The van der Waals surface area contributed by atoms with Crippen LogP contribution in [-0.4, -0.2) is 64.6 Å². The van der Waals surface area contributed by atoms with Gasteiger partial charge in [0.2, 0.25) is 0 Å². The predicted molar refractivity (Wildman–Crippen MR) is 85.9 cm³/mol. The summed E-state index contributed by atoms with van der Waals surface area (Å²) < 4.78 is 1.84. The molecule has 1 aliphatic rings. The van der Waals surface area contributed by atoms with Crippen molar-refractivity contribution in [1.29, 1.82) is 0 Å². The van der Waals surface area contributed by atoms with Crippen LogP contribution in [0.1, 0.15) is 50.1 Å². The Morgan fingerprint density at radius 3 is 2.77 bits per heavy atom. The first-order valence-electron chi connectivity index (χ1n) is 8.29. The summed E-state index contributed by atoms with van der Waals surface area (Å²) in [5.74, 6) is -0.139. The molecular formula is C15H28N6O. The Hall–Kier alpha value is -1.47. The second-order valence-corrected chi connectivity index (χ2v) is 5.93. The summed E-state index contributed by atoms with van der Waals surface area (Å²) in [6.07, 6.45) is 3.83. The molecule has 1 saturated heterocycles. The number of aromatic nitrogens is 3. The number of carbonyl (C=O) groups is 1. The number of nitrogens with one attached hydrogen (secondary N) is 2. The lowest BCUT2D eigenvalue weighted by molar-refractivity contribution is 0.0925. The van der Waals surface area contributed by atoms with Crippen LogP contribution in [0.3, 0.4) is 0 Å². The third-order valence-electron chi connectivity index (χ3n) is 4.23. The molecule has 0 bridgehead atoms. The quantitative estimate of drug-likeness (QED) is 0.774. The van der Waals surface area contributed by atoms with Gasteiger partial charge in [-0.25, -0.2) is 4.68 Å². The van der Waals surface area contributed by atoms with Crippen molar-refractivity contribution in [3.63, 3.8) is 0 Å². The van der Waals surface area contributed by atoms with Gasteiger partial charge in [0.25, 0.3) is 5.91 Å². The van der Waals surface area contributed by atoms with E-state index in [4.69, 9.17) is 0 Å². The van der Waals surface area contributed by atoms with Crippen molar-refractivity contribution >= 4 is 5.91 Å². The zero-order chi connectivity index (χ0) is 15.9. The van der Waals surface area contributed by atoms with Gasteiger partial charge >= 0.3 is 0 Å². The molecule has 1 aromatic rings. The fraction of sp³-hybridized carbons (Fsp3) is 0.800. The second-order valence-electron chi connectivity index (χ2n) is 5.93. The van der Waals surface area contributed by atoms with Gasteiger partial charge in [-0.2, -0.15) is 0 Å². The third kappa shape index (κ3) is 4.51. The van der Waals surface area contributed by atoms with E-state index in [1.54, 1.807) is 6.20 Å². The lowest BCUT2D eigenvalue weighted by atomic mass is 10.1. The van der Waals surface area contributed by atoms with Crippen LogP contribution in [0, 0.1) is 0 Å². The fourth-order valence-electron chi connectivity index (χ4n) is 2.84. The van der Waals surface area contributed by atoms with Crippen molar-refractivity contribution in [2.75, 3.05) is 32.7 Å². The number of hydrogen-bond acceptors (Lipinski definition) is 5. The molecule has 1 aromatic heterocycles. The molecule has 2 rings (SSSR count). The maximum atomic E-state index is 12.3. The number of carbonyl (C=O) groups excluding carboxylic acids is 1. The first-order chi connectivity index (χ1) is 10.6. The van der Waals surface area contributed by atoms with Crippen molar-refractivity contribution in [2.24, 2.45) is 0 Å². The zero-order valence-corrected chi connectivity index (χ0v) is 13.9. The number of amides is 1. The van der Waals surface area contributed by atoms with E-state index in [0.717, 1.165) is 45.6 Å². The number of hydrogen-bond donors (Lipinski definition) is 2. The Balaban J connectivity index is 1.88. The Bertz CT molecular complexity index is 464. The summed E-state index contributed by atoms with van der Waals surface area (Å²) in [6, 6.07) is 0.444. The average molecular weight is 308 g/mol. The topological polar surface area (TPSA) is 75.1 Å². The molecule has 7 nitrogen and oxygen atoms in total. The second kappa shape index (κ2) is 8.24. The molecule has 7 heteroatoms. The maximum absolute atomic E-state index is 12.3. The SMILES string of the molecule is CCN(CC)CC(C)NC(=O)c1cn(C2CCNCC2)nn1. The van der Waals surface area contributed by atoms with Gasteiger partial charge in [-0.1, -0.05) is 19.1 Å². The lowest BCUT2D eigenvalue weighted by Gasteiger charge is -2.23. The molecule has 22 heavy (non-hydrogen) atoms. The minimum absolute atomic E-state index is 0.0939. The fourth-order valence-corrected chi connectivity index (χ4v) is 2.84. The van der Waals surface area contributed by atoms with E-state index in [0.29, 0.717) is 11.7 Å². The largest absolute Gasteiger partial charge is 0.347 e. The molecule has 0 radical (unpaired) electrons. The smallest absolute Gasteiger partial charge is 0.273 e. The molecule has 2 heterocycles. The number of likely N-dealkylation sites (N-methyl/N-ethyl adjacent to an activating group) is 1. The van der Waals surface area contributed by atoms with Crippen molar-refractivity contribution < 1.29 is 4.79 Å². The maximum Gasteiger partial charge on any atom is 0.273 e. The normalized spacial score (nSPS) is 17.6. The van der Waals surface area contributed by atoms with E-state index >= 15 is 0 Å². The number of piperidine rings is 1. The summed E-state index contributed by atoms with van der Waals surface area (Å²) >= 11 is 0. The molecule has 1 amide bonds. The van der Waals surface area contributed by atoms with Gasteiger partial charge in [0, 0.05) is 12.6 Å².